The average molecular weight is 232 g/mol. The molecule has 1 aromatic carbocycles. The summed E-state index contributed by atoms with van der Waals surface area (Å²) in [4.78, 5) is 14.6. The predicted octanol–water partition coefficient (Wildman–Crippen LogP) is 2.23. The molecule has 1 aromatic heterocycles. The van der Waals surface area contributed by atoms with Gasteiger partial charge in [-0.25, -0.2) is 4.98 Å². The first-order chi connectivity index (χ1) is 8.16. The molecule has 2 N–H and O–H groups in total. The maximum atomic E-state index is 10.7. The first-order valence-electron chi connectivity index (χ1n) is 5.15. The van der Waals surface area contributed by atoms with Crippen LogP contribution in [-0.2, 0) is 4.79 Å². The molecule has 0 spiro atoms. The molecule has 0 amide bonds. The number of aliphatic carboxylic acids is 1. The lowest BCUT2D eigenvalue weighted by molar-refractivity contribution is -0.137. The highest BCUT2D eigenvalue weighted by atomic mass is 16.4. The lowest BCUT2D eigenvalue weighted by atomic mass is 10.1. The van der Waals surface area contributed by atoms with E-state index in [2.05, 4.69) is 10.3 Å². The highest BCUT2D eigenvalue weighted by Gasteiger charge is 2.10. The molecular formula is C12H12N2O3. The summed E-state index contributed by atoms with van der Waals surface area (Å²) in [5, 5.41) is 11.7. The molecule has 0 aliphatic rings. The van der Waals surface area contributed by atoms with Gasteiger partial charge in [-0.2, -0.15) is 0 Å². The second kappa shape index (κ2) is 4.69. The SMILES string of the molecule is CC(Nc1cccc(-c2cnco2)c1)C(=O)O. The predicted molar refractivity (Wildman–Crippen MR) is 62.7 cm³/mol. The van der Waals surface area contributed by atoms with Gasteiger partial charge < -0.3 is 14.8 Å². The van der Waals surface area contributed by atoms with Crippen LogP contribution in [0.25, 0.3) is 11.3 Å². The summed E-state index contributed by atoms with van der Waals surface area (Å²) in [5.74, 6) is -0.244. The lowest BCUT2D eigenvalue weighted by Gasteiger charge is -2.11. The van der Waals surface area contributed by atoms with E-state index in [0.717, 1.165) is 11.3 Å². The molecule has 17 heavy (non-hydrogen) atoms. The summed E-state index contributed by atoms with van der Waals surface area (Å²) in [6.45, 7) is 1.59. The second-order valence-corrected chi connectivity index (χ2v) is 3.65. The zero-order valence-electron chi connectivity index (χ0n) is 9.25. The fraction of sp³-hybridized carbons (Fsp3) is 0.167. The Hall–Kier alpha value is -2.30. The molecule has 0 fully saturated rings. The Balaban J connectivity index is 2.20. The van der Waals surface area contributed by atoms with Crippen LogP contribution in [0.3, 0.4) is 0 Å². The van der Waals surface area contributed by atoms with Crippen molar-refractivity contribution in [2.75, 3.05) is 5.32 Å². The number of hydrogen-bond acceptors (Lipinski definition) is 4. The number of carboxylic acid groups (broad SMARTS) is 1. The van der Waals surface area contributed by atoms with Crippen LogP contribution in [0.5, 0.6) is 0 Å². The van der Waals surface area contributed by atoms with Crippen LogP contribution in [-0.4, -0.2) is 22.1 Å². The van der Waals surface area contributed by atoms with Gasteiger partial charge in [0.1, 0.15) is 6.04 Å². The van der Waals surface area contributed by atoms with Crippen LogP contribution in [0.2, 0.25) is 0 Å². The minimum Gasteiger partial charge on any atom is -0.480 e. The van der Waals surface area contributed by atoms with E-state index in [9.17, 15) is 4.79 Å². The smallest absolute Gasteiger partial charge is 0.325 e. The van der Waals surface area contributed by atoms with E-state index in [4.69, 9.17) is 9.52 Å². The Morgan fingerprint density at radius 2 is 2.35 bits per heavy atom. The largest absolute Gasteiger partial charge is 0.480 e. The first kappa shape index (κ1) is 11.2. The van der Waals surface area contributed by atoms with Crippen molar-refractivity contribution >= 4 is 11.7 Å². The topological polar surface area (TPSA) is 75.4 Å². The van der Waals surface area contributed by atoms with Gasteiger partial charge in [-0.15, -0.1) is 0 Å². The van der Waals surface area contributed by atoms with Gasteiger partial charge in [0, 0.05) is 11.3 Å². The minimum atomic E-state index is -0.893. The Bertz CT molecular complexity index is 508. The van der Waals surface area contributed by atoms with Crippen molar-refractivity contribution in [2.45, 2.75) is 13.0 Å². The molecule has 1 atom stereocenters. The van der Waals surface area contributed by atoms with Crippen LogP contribution in [0, 0.1) is 0 Å². The van der Waals surface area contributed by atoms with Crippen molar-refractivity contribution in [1.82, 2.24) is 4.98 Å². The molecule has 0 bridgehead atoms. The maximum absolute atomic E-state index is 10.7. The van der Waals surface area contributed by atoms with E-state index >= 15 is 0 Å². The second-order valence-electron chi connectivity index (χ2n) is 3.65. The summed E-state index contributed by atoms with van der Waals surface area (Å²) in [7, 11) is 0. The Morgan fingerprint density at radius 1 is 1.53 bits per heavy atom. The number of nitrogens with zero attached hydrogens (tertiary/aromatic N) is 1. The molecule has 0 radical (unpaired) electrons. The monoisotopic (exact) mass is 232 g/mol. The molecule has 0 saturated heterocycles. The van der Waals surface area contributed by atoms with Gasteiger partial charge in [-0.05, 0) is 19.1 Å². The molecule has 0 aliphatic heterocycles. The van der Waals surface area contributed by atoms with E-state index < -0.39 is 12.0 Å². The van der Waals surface area contributed by atoms with Gasteiger partial charge in [0.05, 0.1) is 6.20 Å². The molecule has 2 aromatic rings. The average Bonchev–Trinajstić information content (AvgIpc) is 2.82. The zero-order valence-corrected chi connectivity index (χ0v) is 9.25. The minimum absolute atomic E-state index is 0.639. The van der Waals surface area contributed by atoms with Gasteiger partial charge in [-0.1, -0.05) is 12.1 Å². The summed E-state index contributed by atoms with van der Waals surface area (Å²) in [5.41, 5.74) is 1.58. The number of anilines is 1. The Morgan fingerprint density at radius 3 is 3.00 bits per heavy atom. The van der Waals surface area contributed by atoms with E-state index in [0.29, 0.717) is 5.76 Å². The van der Waals surface area contributed by atoms with E-state index in [1.165, 1.54) is 6.39 Å². The summed E-state index contributed by atoms with van der Waals surface area (Å²) >= 11 is 0. The van der Waals surface area contributed by atoms with Crippen LogP contribution in [0.1, 0.15) is 6.92 Å². The molecule has 1 heterocycles. The number of benzene rings is 1. The van der Waals surface area contributed by atoms with Crippen LogP contribution >= 0.6 is 0 Å². The molecule has 0 aliphatic carbocycles. The van der Waals surface area contributed by atoms with Gasteiger partial charge in [0.2, 0.25) is 0 Å². The van der Waals surface area contributed by atoms with Crippen LogP contribution in [0.4, 0.5) is 5.69 Å². The Labute approximate surface area is 98.1 Å². The first-order valence-corrected chi connectivity index (χ1v) is 5.15. The van der Waals surface area contributed by atoms with Gasteiger partial charge >= 0.3 is 5.97 Å². The highest BCUT2D eigenvalue weighted by molar-refractivity contribution is 5.77. The molecule has 5 heteroatoms. The van der Waals surface area contributed by atoms with E-state index in [-0.39, 0.29) is 0 Å². The van der Waals surface area contributed by atoms with Gasteiger partial charge in [0.15, 0.2) is 12.2 Å². The summed E-state index contributed by atoms with van der Waals surface area (Å²) < 4.78 is 5.17. The number of aromatic nitrogens is 1. The van der Waals surface area contributed by atoms with Crippen molar-refractivity contribution in [2.24, 2.45) is 0 Å². The van der Waals surface area contributed by atoms with Crippen molar-refractivity contribution in [3.8, 4) is 11.3 Å². The number of hydrogen-bond donors (Lipinski definition) is 2. The lowest BCUT2D eigenvalue weighted by Crippen LogP contribution is -2.25. The fourth-order valence-corrected chi connectivity index (χ4v) is 1.43. The number of rotatable bonds is 4. The van der Waals surface area contributed by atoms with Gasteiger partial charge in [-0.3, -0.25) is 4.79 Å². The van der Waals surface area contributed by atoms with Crippen LogP contribution < -0.4 is 5.32 Å². The third kappa shape index (κ3) is 2.63. The summed E-state index contributed by atoms with van der Waals surface area (Å²) in [6.07, 6.45) is 2.97. The number of carboxylic acids is 1. The number of oxazole rings is 1. The quantitative estimate of drug-likeness (QED) is 0.845. The molecule has 1 unspecified atom stereocenters. The number of carbonyl (C=O) groups is 1. The van der Waals surface area contributed by atoms with Crippen LogP contribution in [0.15, 0.2) is 41.3 Å². The van der Waals surface area contributed by atoms with Crippen molar-refractivity contribution in [1.29, 1.82) is 0 Å². The van der Waals surface area contributed by atoms with E-state index in [1.54, 1.807) is 19.2 Å². The van der Waals surface area contributed by atoms with Crippen molar-refractivity contribution < 1.29 is 14.3 Å². The molecule has 88 valence electrons. The standard InChI is InChI=1S/C12H12N2O3/c1-8(12(15)16)14-10-4-2-3-9(5-10)11-6-13-7-17-11/h2-8,14H,1H3,(H,15,16). The molecular weight excluding hydrogens is 220 g/mol. The third-order valence-electron chi connectivity index (χ3n) is 2.33. The van der Waals surface area contributed by atoms with E-state index in [1.807, 2.05) is 18.2 Å². The summed E-state index contributed by atoms with van der Waals surface area (Å²) in [6, 6.07) is 6.69. The van der Waals surface area contributed by atoms with Gasteiger partial charge in [0.25, 0.3) is 0 Å². The fourth-order valence-electron chi connectivity index (χ4n) is 1.43. The zero-order chi connectivity index (χ0) is 12.3. The highest BCUT2D eigenvalue weighted by Crippen LogP contribution is 2.22. The number of nitrogens with one attached hydrogen (secondary N) is 1. The van der Waals surface area contributed by atoms with Crippen molar-refractivity contribution in [3.63, 3.8) is 0 Å². The molecule has 0 saturated carbocycles. The maximum Gasteiger partial charge on any atom is 0.325 e. The molecule has 5 nitrogen and oxygen atoms in total. The third-order valence-corrected chi connectivity index (χ3v) is 2.33. The normalized spacial score (nSPS) is 12.1. The van der Waals surface area contributed by atoms with Crippen molar-refractivity contribution in [3.05, 3.63) is 36.9 Å². The molecule has 2 rings (SSSR count). The Kier molecular flexibility index (Phi) is 3.09.